The summed E-state index contributed by atoms with van der Waals surface area (Å²) in [6.07, 6.45) is 0. The molecule has 16 heavy (non-hydrogen) atoms. The number of hydrogen-bond donors (Lipinski definition) is 0. The van der Waals surface area contributed by atoms with Crippen LogP contribution >= 0.6 is 11.6 Å². The predicted octanol–water partition coefficient (Wildman–Crippen LogP) is 2.64. The van der Waals surface area contributed by atoms with Crippen LogP contribution < -0.4 is 0 Å². The van der Waals surface area contributed by atoms with E-state index < -0.39 is 0 Å². The first-order valence-corrected chi connectivity index (χ1v) is 5.54. The van der Waals surface area contributed by atoms with Crippen LogP contribution in [0.3, 0.4) is 0 Å². The van der Waals surface area contributed by atoms with Gasteiger partial charge in [0.2, 0.25) is 0 Å². The number of nitrogens with zero attached hydrogens (tertiary/aromatic N) is 2. The van der Waals surface area contributed by atoms with Crippen molar-refractivity contribution < 1.29 is 4.84 Å². The molecule has 1 aromatic carbocycles. The van der Waals surface area contributed by atoms with E-state index in [1.54, 1.807) is 0 Å². The van der Waals surface area contributed by atoms with Gasteiger partial charge in [-0.1, -0.05) is 28.9 Å². The Morgan fingerprint density at radius 1 is 1.31 bits per heavy atom. The van der Waals surface area contributed by atoms with Crippen molar-refractivity contribution in [2.45, 2.75) is 6.92 Å². The quantitative estimate of drug-likeness (QED) is 0.449. The van der Waals surface area contributed by atoms with Crippen molar-refractivity contribution in [1.29, 1.82) is 0 Å². The van der Waals surface area contributed by atoms with Crippen molar-refractivity contribution in [3.05, 3.63) is 34.9 Å². The number of oxime groups is 1. The third-order valence-corrected chi connectivity index (χ3v) is 2.35. The first kappa shape index (κ1) is 13.0. The molecule has 4 heteroatoms. The maximum atomic E-state index is 5.80. The topological polar surface area (TPSA) is 24.8 Å². The Hall–Kier alpha value is -1.06. The molecule has 0 atom stereocenters. The van der Waals surface area contributed by atoms with Crippen LogP contribution in [-0.2, 0) is 4.84 Å². The number of rotatable bonds is 5. The molecule has 0 unspecified atom stereocenters. The first-order chi connectivity index (χ1) is 7.59. The molecular weight excluding hydrogens is 224 g/mol. The summed E-state index contributed by atoms with van der Waals surface area (Å²) in [6.45, 7) is 3.37. The summed E-state index contributed by atoms with van der Waals surface area (Å²) < 4.78 is 0. The van der Waals surface area contributed by atoms with Gasteiger partial charge in [-0.15, -0.1) is 0 Å². The van der Waals surface area contributed by atoms with Crippen molar-refractivity contribution in [2.24, 2.45) is 5.16 Å². The van der Waals surface area contributed by atoms with Gasteiger partial charge in [0.1, 0.15) is 6.61 Å². The lowest BCUT2D eigenvalue weighted by Crippen LogP contribution is -2.17. The molecule has 0 aromatic heterocycles. The van der Waals surface area contributed by atoms with E-state index in [-0.39, 0.29) is 0 Å². The summed E-state index contributed by atoms with van der Waals surface area (Å²) in [6, 6.07) is 7.54. The van der Waals surface area contributed by atoms with Crippen LogP contribution in [0, 0.1) is 0 Å². The average molecular weight is 241 g/mol. The van der Waals surface area contributed by atoms with E-state index in [0.29, 0.717) is 6.61 Å². The standard InChI is InChI=1S/C12H17ClN2O/c1-10(14-16-9-8-15(2)3)11-4-6-12(13)7-5-11/h4-7H,8-9H2,1-3H3. The molecule has 1 rings (SSSR count). The van der Waals surface area contributed by atoms with Crippen molar-refractivity contribution >= 4 is 17.3 Å². The lowest BCUT2D eigenvalue weighted by atomic mass is 10.1. The highest BCUT2D eigenvalue weighted by molar-refractivity contribution is 6.30. The summed E-state index contributed by atoms with van der Waals surface area (Å²) in [5, 5.41) is 4.77. The van der Waals surface area contributed by atoms with Gasteiger partial charge < -0.3 is 9.74 Å². The van der Waals surface area contributed by atoms with Crippen LogP contribution in [0.1, 0.15) is 12.5 Å². The molecule has 0 aliphatic carbocycles. The lowest BCUT2D eigenvalue weighted by Gasteiger charge is -2.08. The number of likely N-dealkylation sites (N-methyl/N-ethyl adjacent to an activating group) is 1. The highest BCUT2D eigenvalue weighted by Crippen LogP contribution is 2.10. The molecule has 0 saturated heterocycles. The molecule has 0 saturated carbocycles. The maximum Gasteiger partial charge on any atom is 0.129 e. The molecule has 0 aliphatic rings. The SMILES string of the molecule is CC(=NOCCN(C)C)c1ccc(Cl)cc1. The van der Waals surface area contributed by atoms with Crippen LogP contribution in [0.4, 0.5) is 0 Å². The molecule has 0 heterocycles. The first-order valence-electron chi connectivity index (χ1n) is 5.17. The zero-order valence-corrected chi connectivity index (χ0v) is 10.7. The van der Waals surface area contributed by atoms with Crippen LogP contribution in [0.2, 0.25) is 5.02 Å². The number of benzene rings is 1. The van der Waals surface area contributed by atoms with Gasteiger partial charge in [0.15, 0.2) is 0 Å². The van der Waals surface area contributed by atoms with Crippen molar-refractivity contribution in [1.82, 2.24) is 4.90 Å². The fourth-order valence-corrected chi connectivity index (χ4v) is 1.24. The van der Waals surface area contributed by atoms with Crippen molar-refractivity contribution in [2.75, 3.05) is 27.2 Å². The van der Waals surface area contributed by atoms with E-state index in [1.807, 2.05) is 50.2 Å². The Labute approximate surface area is 102 Å². The molecule has 0 N–H and O–H groups in total. The van der Waals surface area contributed by atoms with E-state index in [2.05, 4.69) is 5.16 Å². The van der Waals surface area contributed by atoms with Crippen LogP contribution in [0.15, 0.2) is 29.4 Å². The minimum Gasteiger partial charge on any atom is -0.394 e. The fraction of sp³-hybridized carbons (Fsp3) is 0.417. The Morgan fingerprint density at radius 2 is 1.94 bits per heavy atom. The van der Waals surface area contributed by atoms with Gasteiger partial charge in [0, 0.05) is 11.6 Å². The molecule has 3 nitrogen and oxygen atoms in total. The lowest BCUT2D eigenvalue weighted by molar-refractivity contribution is 0.126. The second-order valence-electron chi connectivity index (χ2n) is 3.82. The second-order valence-corrected chi connectivity index (χ2v) is 4.26. The van der Waals surface area contributed by atoms with Gasteiger partial charge in [-0.25, -0.2) is 0 Å². The molecule has 88 valence electrons. The molecule has 0 radical (unpaired) electrons. The van der Waals surface area contributed by atoms with Crippen LogP contribution in [0.25, 0.3) is 0 Å². The predicted molar refractivity (Wildman–Crippen MR) is 68.2 cm³/mol. The van der Waals surface area contributed by atoms with Crippen molar-refractivity contribution in [3.8, 4) is 0 Å². The molecular formula is C12H17ClN2O. The minimum absolute atomic E-state index is 0.595. The average Bonchev–Trinajstić information content (AvgIpc) is 2.25. The van der Waals surface area contributed by atoms with E-state index in [1.165, 1.54) is 0 Å². The third kappa shape index (κ3) is 4.64. The highest BCUT2D eigenvalue weighted by atomic mass is 35.5. The van der Waals surface area contributed by atoms with Gasteiger partial charge in [0.25, 0.3) is 0 Å². The minimum atomic E-state index is 0.595. The van der Waals surface area contributed by atoms with E-state index >= 15 is 0 Å². The molecule has 1 aromatic rings. The second kappa shape index (κ2) is 6.51. The van der Waals surface area contributed by atoms with Gasteiger partial charge in [-0.05, 0) is 38.7 Å². The summed E-state index contributed by atoms with van der Waals surface area (Å²) in [5.74, 6) is 0. The summed E-state index contributed by atoms with van der Waals surface area (Å²) >= 11 is 5.80. The Balaban J connectivity index is 2.47. The molecule has 0 spiro atoms. The van der Waals surface area contributed by atoms with Gasteiger partial charge in [-0.3, -0.25) is 0 Å². The smallest absolute Gasteiger partial charge is 0.129 e. The molecule has 0 aliphatic heterocycles. The van der Waals surface area contributed by atoms with Gasteiger partial charge >= 0.3 is 0 Å². The number of hydrogen-bond acceptors (Lipinski definition) is 3. The highest BCUT2D eigenvalue weighted by Gasteiger charge is 1.97. The Bertz CT molecular complexity index is 347. The summed E-state index contributed by atoms with van der Waals surface area (Å²) in [5.41, 5.74) is 1.88. The summed E-state index contributed by atoms with van der Waals surface area (Å²) in [7, 11) is 4.00. The van der Waals surface area contributed by atoms with Gasteiger partial charge in [-0.2, -0.15) is 0 Å². The Morgan fingerprint density at radius 3 is 2.50 bits per heavy atom. The monoisotopic (exact) mass is 240 g/mol. The zero-order chi connectivity index (χ0) is 12.0. The van der Waals surface area contributed by atoms with Gasteiger partial charge in [0.05, 0.1) is 5.71 Å². The maximum absolute atomic E-state index is 5.80. The van der Waals surface area contributed by atoms with E-state index in [9.17, 15) is 0 Å². The largest absolute Gasteiger partial charge is 0.394 e. The zero-order valence-electron chi connectivity index (χ0n) is 9.90. The van der Waals surface area contributed by atoms with E-state index in [4.69, 9.17) is 16.4 Å². The normalized spacial score (nSPS) is 11.9. The Kier molecular flexibility index (Phi) is 5.29. The molecule has 0 fully saturated rings. The molecule has 0 amide bonds. The summed E-state index contributed by atoms with van der Waals surface area (Å²) in [4.78, 5) is 7.25. The van der Waals surface area contributed by atoms with Crippen molar-refractivity contribution in [3.63, 3.8) is 0 Å². The van der Waals surface area contributed by atoms with E-state index in [0.717, 1.165) is 22.8 Å². The molecule has 0 bridgehead atoms. The third-order valence-electron chi connectivity index (χ3n) is 2.09. The van der Waals surface area contributed by atoms with Crippen LogP contribution in [-0.4, -0.2) is 37.9 Å². The van der Waals surface area contributed by atoms with Crippen LogP contribution in [0.5, 0.6) is 0 Å². The number of halogens is 1. The fourth-order valence-electron chi connectivity index (χ4n) is 1.11.